The first-order valence-corrected chi connectivity index (χ1v) is 11.4. The first-order valence-electron chi connectivity index (χ1n) is 8.21. The van der Waals surface area contributed by atoms with Crippen molar-refractivity contribution in [3.63, 3.8) is 0 Å². The van der Waals surface area contributed by atoms with Crippen molar-refractivity contribution in [1.82, 2.24) is 4.31 Å². The highest BCUT2D eigenvalue weighted by Crippen LogP contribution is 2.42. The van der Waals surface area contributed by atoms with Gasteiger partial charge >= 0.3 is 0 Å². The van der Waals surface area contributed by atoms with Crippen molar-refractivity contribution in [2.75, 3.05) is 6.54 Å². The molecule has 3 aromatic rings. The molecular weight excluding hydrogens is 386 g/mol. The molecule has 26 heavy (non-hydrogen) atoms. The number of benzene rings is 1. The minimum Gasteiger partial charge on any atom is -0.295 e. The normalized spacial score (nSPS) is 17.8. The summed E-state index contributed by atoms with van der Waals surface area (Å²) < 4.78 is 28.4. The molecule has 1 aliphatic heterocycles. The third-order valence-corrected chi connectivity index (χ3v) is 8.36. The van der Waals surface area contributed by atoms with Crippen LogP contribution in [0, 0.1) is 0 Å². The van der Waals surface area contributed by atoms with Gasteiger partial charge in [-0.1, -0.05) is 18.2 Å². The van der Waals surface area contributed by atoms with E-state index in [2.05, 4.69) is 0 Å². The van der Waals surface area contributed by atoms with Gasteiger partial charge in [-0.05, 0) is 53.9 Å². The number of carbonyl (C=O) groups excluding carboxylic acids is 1. The van der Waals surface area contributed by atoms with Gasteiger partial charge in [0.2, 0.25) is 10.0 Å². The fraction of sp³-hybridized carbons (Fsp3) is 0.211. The minimum absolute atomic E-state index is 0.143. The fourth-order valence-corrected chi connectivity index (χ4v) is 6.76. The van der Waals surface area contributed by atoms with Crippen LogP contribution >= 0.6 is 22.7 Å². The smallest absolute Gasteiger partial charge is 0.244 e. The second-order valence-electron chi connectivity index (χ2n) is 6.17. The predicted octanol–water partition coefficient (Wildman–Crippen LogP) is 4.35. The second kappa shape index (κ2) is 6.74. The van der Waals surface area contributed by atoms with Crippen LogP contribution in [0.4, 0.5) is 0 Å². The molecule has 0 fully saturated rings. The largest absolute Gasteiger partial charge is 0.295 e. The Hall–Kier alpha value is -1.80. The topological polar surface area (TPSA) is 54.5 Å². The van der Waals surface area contributed by atoms with Gasteiger partial charge in [-0.15, -0.1) is 22.7 Å². The summed E-state index contributed by atoms with van der Waals surface area (Å²) in [7, 11) is -3.72. The van der Waals surface area contributed by atoms with Crippen LogP contribution in [-0.4, -0.2) is 25.1 Å². The van der Waals surface area contributed by atoms with Crippen LogP contribution in [0.5, 0.6) is 0 Å². The highest BCUT2D eigenvalue weighted by Gasteiger charge is 2.38. The molecule has 0 saturated heterocycles. The monoisotopic (exact) mass is 403 g/mol. The van der Waals surface area contributed by atoms with Crippen molar-refractivity contribution in [3.8, 4) is 0 Å². The highest BCUT2D eigenvalue weighted by molar-refractivity contribution is 7.89. The van der Waals surface area contributed by atoms with E-state index in [4.69, 9.17) is 0 Å². The second-order valence-corrected chi connectivity index (χ2v) is 10.0. The molecule has 0 bridgehead atoms. The average Bonchev–Trinajstić information content (AvgIpc) is 3.32. The summed E-state index contributed by atoms with van der Waals surface area (Å²) in [5.74, 6) is -0.143. The standard InChI is InChI=1S/C19H17NO3S3/c1-13(21)14-4-2-5-15(12-14)26(22,23)20-9-7-17-16(8-11-25-17)19(20)18-6-3-10-24-18/h2-6,8,10-12,19H,7,9H2,1H3. The van der Waals surface area contributed by atoms with Gasteiger partial charge in [-0.25, -0.2) is 8.42 Å². The summed E-state index contributed by atoms with van der Waals surface area (Å²) in [6.07, 6.45) is 0.709. The molecule has 7 heteroatoms. The molecule has 0 radical (unpaired) electrons. The van der Waals surface area contributed by atoms with Crippen molar-refractivity contribution in [1.29, 1.82) is 0 Å². The summed E-state index contributed by atoms with van der Waals surface area (Å²) in [5.41, 5.74) is 1.47. The van der Waals surface area contributed by atoms with Crippen LogP contribution in [0.1, 0.15) is 38.6 Å². The highest BCUT2D eigenvalue weighted by atomic mass is 32.2. The van der Waals surface area contributed by atoms with Crippen LogP contribution in [0.25, 0.3) is 0 Å². The van der Waals surface area contributed by atoms with E-state index < -0.39 is 10.0 Å². The van der Waals surface area contributed by atoms with E-state index in [1.165, 1.54) is 17.9 Å². The van der Waals surface area contributed by atoms with Gasteiger partial charge in [-0.2, -0.15) is 4.31 Å². The first-order chi connectivity index (χ1) is 12.5. The first kappa shape index (κ1) is 17.6. The Kier molecular flexibility index (Phi) is 4.56. The number of ketones is 1. The molecule has 0 spiro atoms. The van der Waals surface area contributed by atoms with E-state index in [9.17, 15) is 13.2 Å². The molecular formula is C19H17NO3S3. The maximum absolute atomic E-state index is 13.4. The Labute approximate surface area is 160 Å². The van der Waals surface area contributed by atoms with E-state index in [0.717, 1.165) is 10.4 Å². The Morgan fingerprint density at radius 3 is 2.69 bits per heavy atom. The number of hydrogen-bond acceptors (Lipinski definition) is 5. The number of sulfonamides is 1. The van der Waals surface area contributed by atoms with Crippen LogP contribution in [0.3, 0.4) is 0 Å². The lowest BCUT2D eigenvalue weighted by Crippen LogP contribution is -2.39. The molecule has 134 valence electrons. The van der Waals surface area contributed by atoms with Crippen molar-refractivity contribution >= 4 is 38.5 Å². The number of hydrogen-bond donors (Lipinski definition) is 0. The van der Waals surface area contributed by atoms with E-state index in [0.29, 0.717) is 18.5 Å². The molecule has 1 aliphatic rings. The zero-order chi connectivity index (χ0) is 18.3. The Morgan fingerprint density at radius 1 is 1.12 bits per heavy atom. The zero-order valence-electron chi connectivity index (χ0n) is 14.1. The van der Waals surface area contributed by atoms with Crippen LogP contribution in [0.15, 0.2) is 58.1 Å². The van der Waals surface area contributed by atoms with E-state index in [1.807, 2.05) is 29.0 Å². The van der Waals surface area contributed by atoms with Crippen molar-refractivity contribution in [3.05, 3.63) is 74.1 Å². The van der Waals surface area contributed by atoms with Crippen LogP contribution in [0.2, 0.25) is 0 Å². The maximum Gasteiger partial charge on any atom is 0.244 e. The van der Waals surface area contributed by atoms with Crippen LogP contribution < -0.4 is 0 Å². The quantitative estimate of drug-likeness (QED) is 0.609. The summed E-state index contributed by atoms with van der Waals surface area (Å²) in [6.45, 7) is 1.88. The summed E-state index contributed by atoms with van der Waals surface area (Å²) in [6, 6.07) is 12.0. The number of fused-ring (bicyclic) bond motifs is 1. The molecule has 0 amide bonds. The Balaban J connectivity index is 1.83. The molecule has 0 saturated carbocycles. The Bertz CT molecular complexity index is 1050. The number of Topliss-reactive ketones (excluding diaryl/α,β-unsaturated/α-hetero) is 1. The molecule has 4 rings (SSSR count). The fourth-order valence-electron chi connectivity index (χ4n) is 3.31. The molecule has 0 N–H and O–H groups in total. The van der Waals surface area contributed by atoms with Gasteiger partial charge < -0.3 is 0 Å². The Morgan fingerprint density at radius 2 is 1.96 bits per heavy atom. The lowest BCUT2D eigenvalue weighted by molar-refractivity contribution is 0.101. The third-order valence-electron chi connectivity index (χ3n) is 4.58. The van der Waals surface area contributed by atoms with Crippen molar-refractivity contribution in [2.45, 2.75) is 24.3 Å². The van der Waals surface area contributed by atoms with E-state index in [1.54, 1.807) is 45.2 Å². The van der Waals surface area contributed by atoms with Crippen molar-refractivity contribution < 1.29 is 13.2 Å². The summed E-state index contributed by atoms with van der Waals surface area (Å²) >= 11 is 3.24. The average molecular weight is 404 g/mol. The number of rotatable bonds is 4. The van der Waals surface area contributed by atoms with Gasteiger partial charge in [0.15, 0.2) is 5.78 Å². The number of thiophene rings is 2. The molecule has 2 aromatic heterocycles. The summed E-state index contributed by atoms with van der Waals surface area (Å²) in [5, 5.41) is 3.99. The van der Waals surface area contributed by atoms with Gasteiger partial charge in [0.25, 0.3) is 0 Å². The van der Waals surface area contributed by atoms with Crippen molar-refractivity contribution in [2.24, 2.45) is 0 Å². The number of carbonyl (C=O) groups is 1. The van der Waals surface area contributed by atoms with Crippen LogP contribution in [-0.2, 0) is 16.4 Å². The van der Waals surface area contributed by atoms with E-state index in [-0.39, 0.29) is 16.7 Å². The molecule has 1 aromatic carbocycles. The number of nitrogens with zero attached hydrogens (tertiary/aromatic N) is 1. The lowest BCUT2D eigenvalue weighted by Gasteiger charge is -2.34. The predicted molar refractivity (Wildman–Crippen MR) is 105 cm³/mol. The SMILES string of the molecule is CC(=O)c1cccc(S(=O)(=O)N2CCc3sccc3C2c2cccs2)c1. The summed E-state index contributed by atoms with van der Waals surface area (Å²) in [4.78, 5) is 14.1. The molecule has 3 heterocycles. The lowest BCUT2D eigenvalue weighted by atomic mass is 10.0. The van der Waals surface area contributed by atoms with E-state index >= 15 is 0 Å². The molecule has 0 aliphatic carbocycles. The van der Waals surface area contributed by atoms with Gasteiger partial charge in [0.05, 0.1) is 10.9 Å². The third kappa shape index (κ3) is 2.95. The van der Waals surface area contributed by atoms with Gasteiger partial charge in [0.1, 0.15) is 0 Å². The molecule has 4 nitrogen and oxygen atoms in total. The molecule has 1 atom stereocenters. The maximum atomic E-state index is 13.4. The van der Waals surface area contributed by atoms with Gasteiger partial charge in [-0.3, -0.25) is 4.79 Å². The zero-order valence-corrected chi connectivity index (χ0v) is 16.5. The van der Waals surface area contributed by atoms with Gasteiger partial charge in [0, 0.05) is 21.9 Å². The minimum atomic E-state index is -3.72. The molecule has 1 unspecified atom stereocenters.